The van der Waals surface area contributed by atoms with E-state index in [4.69, 9.17) is 4.74 Å². The van der Waals surface area contributed by atoms with Crippen LogP contribution in [0.4, 0.5) is 0 Å². The fourth-order valence-electron chi connectivity index (χ4n) is 2.58. The first-order valence-electron chi connectivity index (χ1n) is 7.18. The van der Waals surface area contributed by atoms with E-state index < -0.39 is 0 Å². The maximum absolute atomic E-state index is 10.00. The smallest absolute Gasteiger partial charge is 0.119 e. The van der Waals surface area contributed by atoms with Crippen LogP contribution in [0.2, 0.25) is 0 Å². The lowest BCUT2D eigenvalue weighted by molar-refractivity contribution is 0.155. The number of aliphatic hydroxyl groups is 1. The second kappa shape index (κ2) is 6.24. The van der Waals surface area contributed by atoms with Crippen LogP contribution < -0.4 is 4.74 Å². The Bertz CT molecular complexity index is 383. The van der Waals surface area contributed by atoms with Gasteiger partial charge in [0.1, 0.15) is 5.75 Å². The first kappa shape index (κ1) is 13.4. The zero-order valence-corrected chi connectivity index (χ0v) is 11.5. The molecular weight excluding hydrogens is 224 g/mol. The van der Waals surface area contributed by atoms with Gasteiger partial charge in [-0.1, -0.05) is 32.8 Å². The van der Waals surface area contributed by atoms with E-state index in [0.717, 1.165) is 50.0 Å². The van der Waals surface area contributed by atoms with Crippen molar-refractivity contribution in [2.24, 2.45) is 5.92 Å². The highest BCUT2D eigenvalue weighted by Gasteiger charge is 2.18. The summed E-state index contributed by atoms with van der Waals surface area (Å²) >= 11 is 0. The van der Waals surface area contributed by atoms with Gasteiger partial charge >= 0.3 is 0 Å². The molecule has 100 valence electrons. The fraction of sp³-hybridized carbons (Fsp3) is 0.625. The number of fused-ring (bicyclic) bond motifs is 1. The summed E-state index contributed by atoms with van der Waals surface area (Å²) in [5.74, 6) is 1.53. The number of aliphatic hydroxyl groups excluding tert-OH is 1. The molecule has 1 aliphatic carbocycles. The minimum Gasteiger partial charge on any atom is -0.493 e. The molecule has 0 unspecified atom stereocenters. The van der Waals surface area contributed by atoms with E-state index in [0.29, 0.717) is 5.92 Å². The first-order valence-corrected chi connectivity index (χ1v) is 7.18. The molecule has 0 amide bonds. The van der Waals surface area contributed by atoms with Crippen molar-refractivity contribution in [2.75, 3.05) is 6.61 Å². The summed E-state index contributed by atoms with van der Waals surface area (Å²) in [4.78, 5) is 0. The molecule has 0 spiro atoms. The third kappa shape index (κ3) is 3.05. The summed E-state index contributed by atoms with van der Waals surface area (Å²) in [6.07, 6.45) is 5.06. The summed E-state index contributed by atoms with van der Waals surface area (Å²) in [5, 5.41) is 10.00. The van der Waals surface area contributed by atoms with Crippen molar-refractivity contribution in [3.8, 4) is 5.75 Å². The Hall–Kier alpha value is -1.02. The van der Waals surface area contributed by atoms with Crippen molar-refractivity contribution in [1.82, 2.24) is 0 Å². The highest BCUT2D eigenvalue weighted by molar-refractivity contribution is 5.38. The maximum Gasteiger partial charge on any atom is 0.119 e. The van der Waals surface area contributed by atoms with Crippen LogP contribution in [-0.4, -0.2) is 11.7 Å². The lowest BCUT2D eigenvalue weighted by Crippen LogP contribution is -2.12. The molecule has 2 nitrogen and oxygen atoms in total. The molecule has 0 bridgehead atoms. The highest BCUT2D eigenvalue weighted by Crippen LogP contribution is 2.32. The van der Waals surface area contributed by atoms with Gasteiger partial charge in [0, 0.05) is 0 Å². The molecule has 0 aromatic heterocycles. The van der Waals surface area contributed by atoms with E-state index in [2.05, 4.69) is 19.9 Å². The van der Waals surface area contributed by atoms with Crippen molar-refractivity contribution in [2.45, 2.75) is 52.1 Å². The summed E-state index contributed by atoms with van der Waals surface area (Å²) in [6, 6.07) is 6.18. The van der Waals surface area contributed by atoms with Crippen molar-refractivity contribution >= 4 is 0 Å². The molecular formula is C16H24O2. The minimum absolute atomic E-state index is 0.301. The van der Waals surface area contributed by atoms with Gasteiger partial charge < -0.3 is 9.84 Å². The highest BCUT2D eigenvalue weighted by atomic mass is 16.5. The third-order valence-electron chi connectivity index (χ3n) is 4.04. The van der Waals surface area contributed by atoms with Gasteiger partial charge in [-0.2, -0.15) is 0 Å². The van der Waals surface area contributed by atoms with Gasteiger partial charge in [0.25, 0.3) is 0 Å². The molecule has 0 heterocycles. The van der Waals surface area contributed by atoms with E-state index in [1.807, 2.05) is 12.1 Å². The zero-order valence-electron chi connectivity index (χ0n) is 11.5. The lowest BCUT2D eigenvalue weighted by Gasteiger charge is -2.22. The molecule has 18 heavy (non-hydrogen) atoms. The molecule has 1 aliphatic rings. The Balaban J connectivity index is 2.04. The van der Waals surface area contributed by atoms with Gasteiger partial charge in [-0.05, 0) is 48.4 Å². The predicted octanol–water partition coefficient (Wildman–Crippen LogP) is 3.87. The number of ether oxygens (including phenoxy) is 1. The topological polar surface area (TPSA) is 29.5 Å². The Labute approximate surface area is 110 Å². The third-order valence-corrected chi connectivity index (χ3v) is 4.04. The number of hydrogen-bond donors (Lipinski definition) is 1. The monoisotopic (exact) mass is 248 g/mol. The Morgan fingerprint density at radius 1 is 1.33 bits per heavy atom. The lowest BCUT2D eigenvalue weighted by atomic mass is 9.89. The van der Waals surface area contributed by atoms with Crippen LogP contribution in [0.3, 0.4) is 0 Å². The SMILES string of the molecule is CCC(CC)COc1ccc2c(c1)[C@@H](O)CCC2. The summed E-state index contributed by atoms with van der Waals surface area (Å²) in [7, 11) is 0. The standard InChI is InChI=1S/C16H24O2/c1-3-12(4-2)11-18-14-9-8-13-6-5-7-16(17)15(13)10-14/h8-10,12,16-17H,3-7,11H2,1-2H3/t16-/m0/s1. The van der Waals surface area contributed by atoms with Gasteiger partial charge in [0.05, 0.1) is 12.7 Å². The average molecular weight is 248 g/mol. The number of benzene rings is 1. The first-order chi connectivity index (χ1) is 8.74. The fourth-order valence-corrected chi connectivity index (χ4v) is 2.58. The van der Waals surface area contributed by atoms with E-state index >= 15 is 0 Å². The van der Waals surface area contributed by atoms with E-state index in [9.17, 15) is 5.11 Å². The van der Waals surface area contributed by atoms with Gasteiger partial charge in [-0.25, -0.2) is 0 Å². The number of aryl methyl sites for hydroxylation is 1. The largest absolute Gasteiger partial charge is 0.493 e. The number of hydrogen-bond acceptors (Lipinski definition) is 2. The summed E-state index contributed by atoms with van der Waals surface area (Å²) in [5.41, 5.74) is 2.35. The predicted molar refractivity (Wildman–Crippen MR) is 73.9 cm³/mol. The van der Waals surface area contributed by atoms with Crippen LogP contribution in [0.25, 0.3) is 0 Å². The summed E-state index contributed by atoms with van der Waals surface area (Å²) < 4.78 is 5.85. The Morgan fingerprint density at radius 3 is 2.83 bits per heavy atom. The molecule has 1 N–H and O–H groups in total. The van der Waals surface area contributed by atoms with Crippen molar-refractivity contribution in [1.29, 1.82) is 0 Å². The molecule has 1 aromatic carbocycles. The molecule has 1 atom stereocenters. The van der Waals surface area contributed by atoms with Crippen LogP contribution in [0.15, 0.2) is 18.2 Å². The van der Waals surface area contributed by atoms with Gasteiger partial charge in [0.2, 0.25) is 0 Å². The second-order valence-electron chi connectivity index (χ2n) is 5.26. The van der Waals surface area contributed by atoms with Crippen molar-refractivity contribution < 1.29 is 9.84 Å². The van der Waals surface area contributed by atoms with Crippen LogP contribution in [0.1, 0.15) is 56.8 Å². The second-order valence-corrected chi connectivity index (χ2v) is 5.26. The van der Waals surface area contributed by atoms with Gasteiger partial charge in [-0.15, -0.1) is 0 Å². The molecule has 0 fully saturated rings. The molecule has 0 saturated heterocycles. The van der Waals surface area contributed by atoms with Crippen LogP contribution >= 0.6 is 0 Å². The Morgan fingerprint density at radius 2 is 2.11 bits per heavy atom. The normalized spacial score (nSPS) is 18.8. The van der Waals surface area contributed by atoms with Crippen LogP contribution in [0, 0.1) is 5.92 Å². The average Bonchev–Trinajstić information content (AvgIpc) is 2.41. The molecule has 0 aliphatic heterocycles. The minimum atomic E-state index is -0.301. The molecule has 1 aromatic rings. The van der Waals surface area contributed by atoms with E-state index in [-0.39, 0.29) is 6.10 Å². The molecule has 0 saturated carbocycles. The Kier molecular flexibility index (Phi) is 4.65. The van der Waals surface area contributed by atoms with Crippen LogP contribution in [-0.2, 0) is 6.42 Å². The summed E-state index contributed by atoms with van der Waals surface area (Å²) in [6.45, 7) is 5.18. The van der Waals surface area contributed by atoms with Gasteiger partial charge in [0.15, 0.2) is 0 Å². The van der Waals surface area contributed by atoms with E-state index in [1.165, 1.54) is 5.56 Å². The maximum atomic E-state index is 10.00. The molecule has 2 heteroatoms. The molecule has 2 rings (SSSR count). The van der Waals surface area contributed by atoms with Crippen molar-refractivity contribution in [3.05, 3.63) is 29.3 Å². The van der Waals surface area contributed by atoms with E-state index in [1.54, 1.807) is 0 Å². The number of rotatable bonds is 5. The molecule has 0 radical (unpaired) electrons. The van der Waals surface area contributed by atoms with Crippen LogP contribution in [0.5, 0.6) is 5.75 Å². The quantitative estimate of drug-likeness (QED) is 0.857. The zero-order chi connectivity index (χ0) is 13.0. The van der Waals surface area contributed by atoms with Gasteiger partial charge in [-0.3, -0.25) is 0 Å². The van der Waals surface area contributed by atoms with Crippen molar-refractivity contribution in [3.63, 3.8) is 0 Å².